The summed E-state index contributed by atoms with van der Waals surface area (Å²) in [6.07, 6.45) is 0.729. The quantitative estimate of drug-likeness (QED) is 0.718. The van der Waals surface area contributed by atoms with Crippen LogP contribution in [-0.4, -0.2) is 37.7 Å². The molecule has 2 heterocycles. The van der Waals surface area contributed by atoms with Crippen LogP contribution in [0.15, 0.2) is 5.16 Å². The molecule has 1 aliphatic rings. The monoisotopic (exact) mass is 214 g/mol. The van der Waals surface area contributed by atoms with Crippen LogP contribution in [0.5, 0.6) is 0 Å². The lowest BCUT2D eigenvalue weighted by Crippen LogP contribution is -2.41. The third-order valence-corrected chi connectivity index (χ3v) is 3.00. The molecule has 7 heteroatoms. The Bertz CT molecular complexity index is 351. The Labute approximate surface area is 84.7 Å². The zero-order valence-corrected chi connectivity index (χ0v) is 8.41. The third-order valence-electron chi connectivity index (χ3n) is 1.98. The fourth-order valence-electron chi connectivity index (χ4n) is 1.23. The number of thioether (sulfide) groups is 1. The van der Waals surface area contributed by atoms with Crippen LogP contribution in [0, 0.1) is 0 Å². The molecule has 0 bridgehead atoms. The van der Waals surface area contributed by atoms with Gasteiger partial charge < -0.3 is 10.5 Å². The van der Waals surface area contributed by atoms with Gasteiger partial charge in [-0.05, 0) is 0 Å². The minimum absolute atomic E-state index is 0.483. The molecule has 0 radical (unpaired) electrons. The molecule has 2 N–H and O–H groups in total. The van der Waals surface area contributed by atoms with Gasteiger partial charge in [-0.2, -0.15) is 0 Å². The molecule has 1 aliphatic heterocycles. The zero-order valence-electron chi connectivity index (χ0n) is 7.60. The Hall–Kier alpha value is -1.24. The van der Waals surface area contributed by atoms with Crippen molar-refractivity contribution in [1.82, 2.24) is 14.9 Å². The molecule has 0 amide bonds. The Morgan fingerprint density at radius 3 is 3.21 bits per heavy atom. The van der Waals surface area contributed by atoms with E-state index in [0.29, 0.717) is 5.75 Å². The summed E-state index contributed by atoms with van der Waals surface area (Å²) in [6, 6.07) is -0.561. The molecule has 0 aliphatic carbocycles. The summed E-state index contributed by atoms with van der Waals surface area (Å²) in [7, 11) is 0. The number of hydrogen-bond donors (Lipinski definition) is 2. The van der Waals surface area contributed by atoms with Gasteiger partial charge in [0.05, 0.1) is 0 Å². The van der Waals surface area contributed by atoms with E-state index in [9.17, 15) is 4.79 Å². The second-order valence-corrected chi connectivity index (χ2v) is 3.91. The molecular weight excluding hydrogens is 204 g/mol. The first-order valence-electron chi connectivity index (χ1n) is 4.28. The normalized spacial score (nSPS) is 19.9. The Morgan fingerprint density at radius 2 is 2.57 bits per heavy atom. The second-order valence-electron chi connectivity index (χ2n) is 2.92. The average Bonchev–Trinajstić information content (AvgIpc) is 2.59. The van der Waals surface area contributed by atoms with E-state index >= 15 is 0 Å². The Balaban J connectivity index is 2.27. The molecule has 1 aromatic rings. The van der Waals surface area contributed by atoms with Crippen LogP contribution in [-0.2, 0) is 11.2 Å². The summed E-state index contributed by atoms with van der Waals surface area (Å²) < 4.78 is 1.66. The van der Waals surface area contributed by atoms with Crippen LogP contribution in [0.4, 0.5) is 0 Å². The molecule has 1 aromatic heterocycles. The molecule has 6 nitrogen and oxygen atoms in total. The maximum Gasteiger partial charge on any atom is 0.328 e. The van der Waals surface area contributed by atoms with Gasteiger partial charge in [-0.15, -0.1) is 10.2 Å². The molecule has 0 saturated carbocycles. The fourth-order valence-corrected chi connectivity index (χ4v) is 2.15. The lowest BCUT2D eigenvalue weighted by atomic mass is 10.4. The molecule has 0 fully saturated rings. The number of rotatable bonds is 2. The minimum Gasteiger partial charge on any atom is -0.480 e. The van der Waals surface area contributed by atoms with E-state index in [-0.39, 0.29) is 0 Å². The Kier molecular flexibility index (Phi) is 2.32. The van der Waals surface area contributed by atoms with Gasteiger partial charge in [0.2, 0.25) is 5.16 Å². The standard InChI is InChI=1S/C7H10N4O2S/c1-2-5-8-9-7-11(5)10-4(3-14-7)6(12)13/h4,10H,2-3H2,1H3,(H,12,13). The maximum atomic E-state index is 10.8. The summed E-state index contributed by atoms with van der Waals surface area (Å²) in [5.41, 5.74) is 2.87. The van der Waals surface area contributed by atoms with Gasteiger partial charge in [-0.3, -0.25) is 0 Å². The molecule has 2 rings (SSSR count). The van der Waals surface area contributed by atoms with Crippen molar-refractivity contribution in [2.45, 2.75) is 24.5 Å². The zero-order chi connectivity index (χ0) is 10.1. The first-order chi connectivity index (χ1) is 6.72. The van der Waals surface area contributed by atoms with Crippen LogP contribution in [0.2, 0.25) is 0 Å². The highest BCUT2D eigenvalue weighted by molar-refractivity contribution is 7.99. The largest absolute Gasteiger partial charge is 0.480 e. The molecule has 0 saturated heterocycles. The van der Waals surface area contributed by atoms with Crippen molar-refractivity contribution in [2.75, 3.05) is 11.2 Å². The van der Waals surface area contributed by atoms with Gasteiger partial charge >= 0.3 is 5.97 Å². The number of carboxylic acids is 1. The van der Waals surface area contributed by atoms with Gasteiger partial charge in [-0.1, -0.05) is 18.7 Å². The number of aromatic nitrogens is 3. The summed E-state index contributed by atoms with van der Waals surface area (Å²) in [5.74, 6) is 0.398. The van der Waals surface area contributed by atoms with Gasteiger partial charge in [-0.25, -0.2) is 9.47 Å². The highest BCUT2D eigenvalue weighted by Crippen LogP contribution is 2.22. The summed E-state index contributed by atoms with van der Waals surface area (Å²) in [6.45, 7) is 1.95. The minimum atomic E-state index is -0.848. The van der Waals surface area contributed by atoms with Crippen molar-refractivity contribution in [2.24, 2.45) is 0 Å². The molecule has 14 heavy (non-hydrogen) atoms. The predicted molar refractivity (Wildman–Crippen MR) is 50.9 cm³/mol. The lowest BCUT2D eigenvalue weighted by Gasteiger charge is -2.22. The van der Waals surface area contributed by atoms with E-state index in [1.165, 1.54) is 11.8 Å². The third kappa shape index (κ3) is 1.43. The van der Waals surface area contributed by atoms with E-state index in [0.717, 1.165) is 17.4 Å². The molecule has 0 aromatic carbocycles. The number of aliphatic carboxylic acids is 1. The van der Waals surface area contributed by atoms with Gasteiger partial charge in [0, 0.05) is 12.2 Å². The number of nitrogens with one attached hydrogen (secondary N) is 1. The highest BCUT2D eigenvalue weighted by Gasteiger charge is 2.26. The first kappa shape index (κ1) is 9.32. The van der Waals surface area contributed by atoms with Gasteiger partial charge in [0.25, 0.3) is 0 Å². The van der Waals surface area contributed by atoms with Crippen molar-refractivity contribution in [3.63, 3.8) is 0 Å². The van der Waals surface area contributed by atoms with Crippen LogP contribution in [0.1, 0.15) is 12.7 Å². The van der Waals surface area contributed by atoms with Crippen LogP contribution >= 0.6 is 11.8 Å². The molecular formula is C7H10N4O2S. The van der Waals surface area contributed by atoms with E-state index in [4.69, 9.17) is 5.11 Å². The van der Waals surface area contributed by atoms with Crippen molar-refractivity contribution in [1.29, 1.82) is 0 Å². The topological polar surface area (TPSA) is 80.0 Å². The molecule has 1 unspecified atom stereocenters. The predicted octanol–water partition coefficient (Wildman–Crippen LogP) is -0.0571. The summed E-state index contributed by atoms with van der Waals surface area (Å²) >= 11 is 1.41. The SMILES string of the molecule is CCc1nnc2n1NC(C(=O)O)CS2. The first-order valence-corrected chi connectivity index (χ1v) is 5.27. The fraction of sp³-hybridized carbons (Fsp3) is 0.571. The van der Waals surface area contributed by atoms with E-state index in [2.05, 4.69) is 15.6 Å². The number of carbonyl (C=O) groups is 1. The number of hydrogen-bond acceptors (Lipinski definition) is 5. The van der Waals surface area contributed by atoms with E-state index < -0.39 is 12.0 Å². The van der Waals surface area contributed by atoms with Gasteiger partial charge in [0.15, 0.2) is 5.82 Å². The Morgan fingerprint density at radius 1 is 1.79 bits per heavy atom. The van der Waals surface area contributed by atoms with Crippen LogP contribution in [0.3, 0.4) is 0 Å². The van der Waals surface area contributed by atoms with Crippen LogP contribution in [0.25, 0.3) is 0 Å². The van der Waals surface area contributed by atoms with Crippen molar-refractivity contribution >= 4 is 17.7 Å². The maximum absolute atomic E-state index is 10.8. The van der Waals surface area contributed by atoms with Crippen molar-refractivity contribution in [3.05, 3.63) is 5.82 Å². The van der Waals surface area contributed by atoms with Crippen molar-refractivity contribution < 1.29 is 9.90 Å². The van der Waals surface area contributed by atoms with Crippen LogP contribution < -0.4 is 5.43 Å². The molecule has 76 valence electrons. The second kappa shape index (κ2) is 3.49. The number of carboxylic acid groups (broad SMARTS) is 1. The summed E-state index contributed by atoms with van der Waals surface area (Å²) in [5, 5.41) is 17.5. The average molecular weight is 214 g/mol. The number of nitrogens with zero attached hydrogens (tertiary/aromatic N) is 3. The van der Waals surface area contributed by atoms with E-state index in [1.54, 1.807) is 4.68 Å². The molecule has 1 atom stereocenters. The highest BCUT2D eigenvalue weighted by atomic mass is 32.2. The molecule has 0 spiro atoms. The number of fused-ring (bicyclic) bond motifs is 1. The van der Waals surface area contributed by atoms with Crippen molar-refractivity contribution in [3.8, 4) is 0 Å². The smallest absolute Gasteiger partial charge is 0.328 e. The van der Waals surface area contributed by atoms with Gasteiger partial charge in [0.1, 0.15) is 6.04 Å². The summed E-state index contributed by atoms with van der Waals surface area (Å²) in [4.78, 5) is 10.8. The van der Waals surface area contributed by atoms with E-state index in [1.807, 2.05) is 6.92 Å². The number of aryl methyl sites for hydroxylation is 1. The lowest BCUT2D eigenvalue weighted by molar-refractivity contribution is -0.137.